The fraction of sp³-hybridized carbons (Fsp3) is 0.360. The second-order valence-corrected chi connectivity index (χ2v) is 8.74. The van der Waals surface area contributed by atoms with Gasteiger partial charge < -0.3 is 24.8 Å². The molecule has 0 unspecified atom stereocenters. The summed E-state index contributed by atoms with van der Waals surface area (Å²) in [6.45, 7) is 5.20. The number of carbonyl (C=O) groups excluding carboxylic acids is 3. The molecule has 2 heterocycles. The molecule has 1 fully saturated rings. The summed E-state index contributed by atoms with van der Waals surface area (Å²) in [5.74, 6) is -9.33. The maximum absolute atomic E-state index is 14.5. The summed E-state index contributed by atoms with van der Waals surface area (Å²) in [6, 6.07) is 3.91. The minimum absolute atomic E-state index is 0.164. The van der Waals surface area contributed by atoms with Gasteiger partial charge in [0.25, 0.3) is 5.91 Å². The lowest BCUT2D eigenvalue weighted by atomic mass is 9.77. The number of hydrogen-bond donors (Lipinski definition) is 2. The van der Waals surface area contributed by atoms with Gasteiger partial charge >= 0.3 is 12.1 Å². The second kappa shape index (κ2) is 11.0. The van der Waals surface area contributed by atoms with E-state index >= 15 is 0 Å². The largest absolute Gasteiger partial charge is 0.493 e. The van der Waals surface area contributed by atoms with E-state index in [-0.39, 0.29) is 22.8 Å². The number of nitrogens with one attached hydrogen (secondary N) is 2. The van der Waals surface area contributed by atoms with Gasteiger partial charge in [-0.05, 0) is 25.1 Å². The van der Waals surface area contributed by atoms with E-state index < -0.39 is 64.9 Å². The third kappa shape index (κ3) is 5.55. The van der Waals surface area contributed by atoms with Gasteiger partial charge in [0.1, 0.15) is 11.9 Å². The molecule has 4 atom stereocenters. The predicted octanol–water partition coefficient (Wildman–Crippen LogP) is 4.36. The Morgan fingerprint density at radius 2 is 1.82 bits per heavy atom. The zero-order valence-electron chi connectivity index (χ0n) is 21.1. The summed E-state index contributed by atoms with van der Waals surface area (Å²) in [6.07, 6.45) is -5.93. The Bertz CT molecular complexity index is 1320. The highest BCUT2D eigenvalue weighted by molar-refractivity contribution is 6.01. The van der Waals surface area contributed by atoms with E-state index in [1.165, 1.54) is 0 Å². The first-order valence-corrected chi connectivity index (χ1v) is 11.3. The Morgan fingerprint density at radius 3 is 2.38 bits per heavy atom. The Labute approximate surface area is 219 Å². The number of hydrogen-bond acceptors (Lipinski definition) is 7. The highest BCUT2D eigenvalue weighted by Gasteiger charge is 2.65. The molecule has 14 heteroatoms. The van der Waals surface area contributed by atoms with Crippen LogP contribution < -0.4 is 15.4 Å². The van der Waals surface area contributed by atoms with Crippen molar-refractivity contribution in [1.29, 1.82) is 0 Å². The summed E-state index contributed by atoms with van der Waals surface area (Å²) >= 11 is 0. The van der Waals surface area contributed by atoms with Crippen LogP contribution >= 0.6 is 0 Å². The van der Waals surface area contributed by atoms with Crippen LogP contribution in [0.25, 0.3) is 0 Å². The van der Waals surface area contributed by atoms with Crippen LogP contribution in [0, 0.1) is 17.6 Å². The standard InChI is InChI=1S/C25H24F5N3O6/c1-6-17(34)33-16-10-12(9-15(32-16)23(36)38-5)31-22(35)21-18(11(2)24(3,39-21)25(28,29)30)13-7-8-14(26)19(27)20(13)37-4/h6-11,18,21H,1H2,2-5H3,(H2,31,32,33,34,35)/t11-,18-,21+,24+/m0/s1. The number of alkyl halides is 3. The quantitative estimate of drug-likeness (QED) is 0.295. The van der Waals surface area contributed by atoms with Crippen LogP contribution in [0.15, 0.2) is 36.9 Å². The van der Waals surface area contributed by atoms with E-state index in [1.807, 2.05) is 0 Å². The van der Waals surface area contributed by atoms with E-state index in [4.69, 9.17) is 9.47 Å². The number of esters is 1. The summed E-state index contributed by atoms with van der Waals surface area (Å²) in [7, 11) is 2.06. The molecule has 3 rings (SSSR count). The third-order valence-corrected chi connectivity index (χ3v) is 6.49. The van der Waals surface area contributed by atoms with Gasteiger partial charge in [0, 0.05) is 29.2 Å². The lowest BCUT2D eigenvalue weighted by Gasteiger charge is -2.32. The van der Waals surface area contributed by atoms with Crippen molar-refractivity contribution in [3.8, 4) is 5.75 Å². The molecular formula is C25H24F5N3O6. The fourth-order valence-electron chi connectivity index (χ4n) is 4.31. The number of amides is 2. The molecule has 0 bridgehead atoms. The molecule has 0 aliphatic carbocycles. The van der Waals surface area contributed by atoms with Gasteiger partial charge in [-0.2, -0.15) is 17.6 Å². The fourth-order valence-corrected chi connectivity index (χ4v) is 4.31. The van der Waals surface area contributed by atoms with Crippen LogP contribution in [-0.4, -0.2) is 54.9 Å². The highest BCUT2D eigenvalue weighted by atomic mass is 19.4. The Balaban J connectivity index is 2.09. The lowest BCUT2D eigenvalue weighted by molar-refractivity contribution is -0.272. The number of methoxy groups -OCH3 is 2. The summed E-state index contributed by atoms with van der Waals surface area (Å²) < 4.78 is 85.7. The molecule has 210 valence electrons. The van der Waals surface area contributed by atoms with Crippen LogP contribution in [0.3, 0.4) is 0 Å². The van der Waals surface area contributed by atoms with Crippen molar-refractivity contribution in [3.63, 3.8) is 0 Å². The Kier molecular flexibility index (Phi) is 8.29. The SMILES string of the molecule is C=CC(=O)Nc1cc(NC(=O)[C@@H]2O[C@@](C)(C(F)(F)F)[C@@H](C)[C@H]2c2ccc(F)c(F)c2OC)cc(C(=O)OC)n1. The van der Waals surface area contributed by atoms with Gasteiger partial charge in [-0.15, -0.1) is 0 Å². The van der Waals surface area contributed by atoms with Crippen molar-refractivity contribution in [2.45, 2.75) is 37.6 Å². The molecule has 1 aliphatic heterocycles. The van der Waals surface area contributed by atoms with Crippen LogP contribution in [-0.2, 0) is 19.1 Å². The minimum Gasteiger partial charge on any atom is -0.493 e. The van der Waals surface area contributed by atoms with E-state index in [0.717, 1.165) is 52.3 Å². The molecule has 9 nitrogen and oxygen atoms in total. The highest BCUT2D eigenvalue weighted by Crippen LogP contribution is 2.55. The first kappa shape index (κ1) is 29.5. The van der Waals surface area contributed by atoms with E-state index in [0.29, 0.717) is 6.07 Å². The number of carbonyl (C=O) groups is 3. The molecular weight excluding hydrogens is 533 g/mol. The maximum Gasteiger partial charge on any atom is 0.417 e. The molecule has 2 N–H and O–H groups in total. The first-order chi connectivity index (χ1) is 18.2. The smallest absolute Gasteiger partial charge is 0.417 e. The van der Waals surface area contributed by atoms with Crippen molar-refractivity contribution < 1.29 is 50.5 Å². The van der Waals surface area contributed by atoms with Crippen LogP contribution in [0.5, 0.6) is 5.75 Å². The normalized spacial score (nSPS) is 22.6. The summed E-state index contributed by atoms with van der Waals surface area (Å²) in [4.78, 5) is 41.1. The zero-order valence-corrected chi connectivity index (χ0v) is 21.1. The van der Waals surface area contributed by atoms with Gasteiger partial charge in [0.2, 0.25) is 11.7 Å². The third-order valence-electron chi connectivity index (χ3n) is 6.49. The molecule has 2 amide bonds. The molecule has 1 aromatic heterocycles. The number of rotatable bonds is 7. The van der Waals surface area contributed by atoms with E-state index in [2.05, 4.69) is 26.9 Å². The average molecular weight is 557 g/mol. The molecule has 39 heavy (non-hydrogen) atoms. The number of nitrogens with zero attached hydrogens (tertiary/aromatic N) is 1. The topological polar surface area (TPSA) is 116 Å². The van der Waals surface area contributed by atoms with Crippen molar-refractivity contribution in [3.05, 3.63) is 59.8 Å². The number of anilines is 2. The number of pyridine rings is 1. The van der Waals surface area contributed by atoms with Gasteiger partial charge in [-0.1, -0.05) is 19.6 Å². The molecule has 1 aromatic carbocycles. The van der Waals surface area contributed by atoms with E-state index in [9.17, 15) is 36.3 Å². The van der Waals surface area contributed by atoms with Gasteiger partial charge in [0.05, 0.1) is 14.2 Å². The molecule has 0 saturated carbocycles. The first-order valence-electron chi connectivity index (χ1n) is 11.3. The summed E-state index contributed by atoms with van der Waals surface area (Å²) in [5, 5.41) is 4.64. The Morgan fingerprint density at radius 1 is 1.15 bits per heavy atom. The monoisotopic (exact) mass is 557 g/mol. The molecule has 0 spiro atoms. The maximum atomic E-state index is 14.5. The van der Waals surface area contributed by atoms with Crippen molar-refractivity contribution in [2.75, 3.05) is 24.9 Å². The minimum atomic E-state index is -4.96. The molecule has 1 saturated heterocycles. The number of halogens is 5. The van der Waals surface area contributed by atoms with Crippen molar-refractivity contribution in [1.82, 2.24) is 4.98 Å². The second-order valence-electron chi connectivity index (χ2n) is 8.74. The lowest BCUT2D eigenvalue weighted by Crippen LogP contribution is -2.47. The number of benzene rings is 1. The van der Waals surface area contributed by atoms with Gasteiger partial charge in [0.15, 0.2) is 22.9 Å². The Hall–Kier alpha value is -4.07. The van der Waals surface area contributed by atoms with Gasteiger partial charge in [-0.3, -0.25) is 9.59 Å². The zero-order chi connectivity index (χ0) is 29.3. The average Bonchev–Trinajstić information content (AvgIpc) is 3.16. The molecule has 0 radical (unpaired) electrons. The molecule has 1 aliphatic rings. The van der Waals surface area contributed by atoms with Crippen LogP contribution in [0.1, 0.15) is 35.8 Å². The molecule has 2 aromatic rings. The van der Waals surface area contributed by atoms with E-state index in [1.54, 1.807) is 0 Å². The number of ether oxygens (including phenoxy) is 3. The number of aromatic nitrogens is 1. The predicted molar refractivity (Wildman–Crippen MR) is 127 cm³/mol. The summed E-state index contributed by atoms with van der Waals surface area (Å²) in [5.41, 5.74) is -3.61. The van der Waals surface area contributed by atoms with Crippen LogP contribution in [0.2, 0.25) is 0 Å². The van der Waals surface area contributed by atoms with Crippen molar-refractivity contribution in [2.24, 2.45) is 5.92 Å². The van der Waals surface area contributed by atoms with Gasteiger partial charge in [-0.25, -0.2) is 14.2 Å². The van der Waals surface area contributed by atoms with Crippen molar-refractivity contribution >= 4 is 29.3 Å². The van der Waals surface area contributed by atoms with Crippen LogP contribution in [0.4, 0.5) is 33.5 Å².